The van der Waals surface area contributed by atoms with Gasteiger partial charge in [0.2, 0.25) is 0 Å². The zero-order valence-electron chi connectivity index (χ0n) is 12.7. The molecule has 3 aromatic rings. The summed E-state index contributed by atoms with van der Waals surface area (Å²) in [5.41, 5.74) is 4.03. The van der Waals surface area contributed by atoms with Gasteiger partial charge in [-0.3, -0.25) is 0 Å². The normalized spacial score (nSPS) is 10.4. The maximum absolute atomic E-state index is 12.4. The van der Waals surface area contributed by atoms with Crippen molar-refractivity contribution in [2.45, 2.75) is 0 Å². The molecule has 122 valence electrons. The second-order valence-corrected chi connectivity index (χ2v) is 5.47. The van der Waals surface area contributed by atoms with Crippen LogP contribution in [-0.4, -0.2) is 18.1 Å². The lowest BCUT2D eigenvalue weighted by Gasteiger charge is -2.18. The molecule has 2 N–H and O–H groups in total. The standard InChI is InChI=1S/C16H14ClN5O2/c1-21(20-16(23)19-12-5-3-2-4-6-12)15-10-18-13-9-11(17)7-8-14(13)22(15)24/h2-10H,1H3,(H2,19,20,23). The highest BCUT2D eigenvalue weighted by atomic mass is 35.5. The molecule has 0 spiro atoms. The molecule has 1 aromatic heterocycles. The van der Waals surface area contributed by atoms with E-state index in [1.807, 2.05) is 18.2 Å². The number of benzene rings is 2. The van der Waals surface area contributed by atoms with Crippen LogP contribution in [0.15, 0.2) is 54.7 Å². The number of nitrogens with one attached hydrogen (secondary N) is 2. The molecule has 0 aliphatic carbocycles. The predicted molar refractivity (Wildman–Crippen MR) is 92.7 cm³/mol. The van der Waals surface area contributed by atoms with Gasteiger partial charge in [0.1, 0.15) is 18.8 Å². The van der Waals surface area contributed by atoms with Crippen LogP contribution in [0.4, 0.5) is 16.3 Å². The summed E-state index contributed by atoms with van der Waals surface area (Å²) < 4.78 is 0.682. The number of hydrogen-bond acceptors (Lipinski definition) is 4. The third kappa shape index (κ3) is 3.31. The maximum atomic E-state index is 12.4. The first-order chi connectivity index (χ1) is 11.5. The molecule has 24 heavy (non-hydrogen) atoms. The van der Waals surface area contributed by atoms with E-state index in [0.717, 1.165) is 0 Å². The van der Waals surface area contributed by atoms with Gasteiger partial charge in [-0.1, -0.05) is 29.8 Å². The molecule has 8 heteroatoms. The number of hydrogen-bond donors (Lipinski definition) is 2. The van der Waals surface area contributed by atoms with Crippen molar-refractivity contribution in [3.63, 3.8) is 0 Å². The lowest BCUT2D eigenvalue weighted by molar-refractivity contribution is -0.564. The second kappa shape index (κ2) is 6.59. The highest BCUT2D eigenvalue weighted by Crippen LogP contribution is 2.16. The van der Waals surface area contributed by atoms with Gasteiger partial charge in [-0.25, -0.2) is 14.5 Å². The Balaban J connectivity index is 1.78. The van der Waals surface area contributed by atoms with Crippen molar-refractivity contribution in [2.24, 2.45) is 0 Å². The Morgan fingerprint density at radius 3 is 2.75 bits per heavy atom. The highest BCUT2D eigenvalue weighted by Gasteiger charge is 2.18. The third-order valence-corrected chi connectivity index (χ3v) is 3.56. The fourth-order valence-electron chi connectivity index (χ4n) is 2.19. The highest BCUT2D eigenvalue weighted by molar-refractivity contribution is 6.31. The SMILES string of the molecule is CN(NC(=O)Nc1ccccc1)c1cnc2cc(Cl)ccc2[n+]1[O-]. The summed E-state index contributed by atoms with van der Waals surface area (Å²) in [4.78, 5) is 16.2. The van der Waals surface area contributed by atoms with Crippen LogP contribution in [0.25, 0.3) is 11.0 Å². The molecule has 0 radical (unpaired) electrons. The zero-order valence-corrected chi connectivity index (χ0v) is 13.5. The van der Waals surface area contributed by atoms with E-state index in [1.165, 1.54) is 11.2 Å². The number of amides is 2. The van der Waals surface area contributed by atoms with Crippen LogP contribution >= 0.6 is 11.6 Å². The van der Waals surface area contributed by atoms with Crippen LogP contribution in [0, 0.1) is 5.21 Å². The Morgan fingerprint density at radius 2 is 2.00 bits per heavy atom. The molecule has 0 aliphatic heterocycles. The van der Waals surface area contributed by atoms with Crippen LogP contribution in [0.2, 0.25) is 5.02 Å². The van der Waals surface area contributed by atoms with Crippen molar-refractivity contribution in [1.29, 1.82) is 0 Å². The number of rotatable bonds is 3. The molecular weight excluding hydrogens is 330 g/mol. The Hall–Kier alpha value is -3.06. The third-order valence-electron chi connectivity index (χ3n) is 3.33. The lowest BCUT2D eigenvalue weighted by Crippen LogP contribution is -2.48. The van der Waals surface area contributed by atoms with E-state index in [4.69, 9.17) is 11.6 Å². The molecule has 7 nitrogen and oxygen atoms in total. The summed E-state index contributed by atoms with van der Waals surface area (Å²) >= 11 is 5.89. The summed E-state index contributed by atoms with van der Waals surface area (Å²) in [5, 5.41) is 16.9. The van der Waals surface area contributed by atoms with Crippen molar-refractivity contribution in [3.05, 3.63) is 65.0 Å². The van der Waals surface area contributed by atoms with Gasteiger partial charge >= 0.3 is 11.8 Å². The van der Waals surface area contributed by atoms with Gasteiger partial charge in [-0.2, -0.15) is 10.4 Å². The molecule has 0 aliphatic rings. The molecule has 0 bridgehead atoms. The number of nitrogens with zero attached hydrogens (tertiary/aromatic N) is 3. The Morgan fingerprint density at radius 1 is 1.25 bits per heavy atom. The molecular formula is C16H14ClN5O2. The molecule has 0 saturated carbocycles. The monoisotopic (exact) mass is 343 g/mol. The Bertz CT molecular complexity index is 888. The predicted octanol–water partition coefficient (Wildman–Crippen LogP) is 2.69. The summed E-state index contributed by atoms with van der Waals surface area (Å²) in [7, 11) is 1.55. The summed E-state index contributed by atoms with van der Waals surface area (Å²) in [6.45, 7) is 0. The number of hydrazine groups is 1. The van der Waals surface area contributed by atoms with E-state index in [-0.39, 0.29) is 5.82 Å². The fraction of sp³-hybridized carbons (Fsp3) is 0.0625. The molecule has 2 amide bonds. The molecule has 0 saturated heterocycles. The first-order valence-electron chi connectivity index (χ1n) is 7.09. The molecule has 3 rings (SSSR count). The van der Waals surface area contributed by atoms with Crippen LogP contribution < -0.4 is 20.5 Å². The first-order valence-corrected chi connectivity index (χ1v) is 7.46. The number of anilines is 2. The van der Waals surface area contributed by atoms with Crippen LogP contribution in [0.1, 0.15) is 0 Å². The lowest BCUT2D eigenvalue weighted by atomic mass is 10.3. The molecule has 0 fully saturated rings. The number of carbonyl (C=O) groups excluding carboxylic acids is 1. The number of halogens is 1. The van der Waals surface area contributed by atoms with Crippen molar-refractivity contribution in [1.82, 2.24) is 10.4 Å². The Labute approximate surface area is 143 Å². The zero-order chi connectivity index (χ0) is 17.1. The number of carbonyl (C=O) groups is 1. The largest absolute Gasteiger partial charge is 0.710 e. The minimum absolute atomic E-state index is 0.174. The van der Waals surface area contributed by atoms with E-state index in [2.05, 4.69) is 15.7 Å². The topological polar surface area (TPSA) is 84.2 Å². The minimum Gasteiger partial charge on any atom is -0.710 e. The van der Waals surface area contributed by atoms with E-state index < -0.39 is 6.03 Å². The van der Waals surface area contributed by atoms with Gasteiger partial charge in [0, 0.05) is 10.7 Å². The van der Waals surface area contributed by atoms with Gasteiger partial charge in [-0.15, -0.1) is 0 Å². The van der Waals surface area contributed by atoms with Gasteiger partial charge in [0.05, 0.1) is 0 Å². The van der Waals surface area contributed by atoms with Crippen molar-refractivity contribution in [3.8, 4) is 0 Å². The average molecular weight is 344 g/mol. The number of para-hydroxylation sites is 1. The molecule has 0 unspecified atom stereocenters. The summed E-state index contributed by atoms with van der Waals surface area (Å²) in [6.07, 6.45) is 1.37. The van der Waals surface area contributed by atoms with Gasteiger partial charge in [-0.05, 0) is 30.3 Å². The smallest absolute Gasteiger partial charge is 0.354 e. The van der Waals surface area contributed by atoms with Gasteiger partial charge in [0.25, 0.3) is 0 Å². The molecule has 2 aromatic carbocycles. The van der Waals surface area contributed by atoms with Crippen LogP contribution in [0.5, 0.6) is 0 Å². The maximum Gasteiger partial charge on any atom is 0.354 e. The van der Waals surface area contributed by atoms with Crippen molar-refractivity contribution < 1.29 is 9.52 Å². The van der Waals surface area contributed by atoms with Gasteiger partial charge in [0.15, 0.2) is 5.52 Å². The Kier molecular flexibility index (Phi) is 4.35. The minimum atomic E-state index is -0.472. The molecule has 0 atom stereocenters. The van der Waals surface area contributed by atoms with Gasteiger partial charge < -0.3 is 10.5 Å². The number of fused-ring (bicyclic) bond motifs is 1. The van der Waals surface area contributed by atoms with Crippen LogP contribution in [-0.2, 0) is 0 Å². The summed E-state index contributed by atoms with van der Waals surface area (Å²) in [5.74, 6) is 0.174. The number of aromatic nitrogens is 2. The number of urea groups is 1. The second-order valence-electron chi connectivity index (χ2n) is 5.03. The van der Waals surface area contributed by atoms with Crippen molar-refractivity contribution in [2.75, 3.05) is 17.4 Å². The first kappa shape index (κ1) is 15.8. The average Bonchev–Trinajstić information content (AvgIpc) is 2.55. The van der Waals surface area contributed by atoms with E-state index in [1.54, 1.807) is 37.4 Å². The van der Waals surface area contributed by atoms with E-state index >= 15 is 0 Å². The van der Waals surface area contributed by atoms with E-state index in [9.17, 15) is 10.0 Å². The van der Waals surface area contributed by atoms with E-state index in [0.29, 0.717) is 26.5 Å². The molecule has 1 heterocycles. The summed E-state index contributed by atoms with van der Waals surface area (Å²) in [6, 6.07) is 13.3. The quantitative estimate of drug-likeness (QED) is 0.435. The van der Waals surface area contributed by atoms with Crippen molar-refractivity contribution >= 4 is 40.2 Å². The fourth-order valence-corrected chi connectivity index (χ4v) is 2.35. The van der Waals surface area contributed by atoms with Crippen LogP contribution in [0.3, 0.4) is 0 Å².